The van der Waals surface area contributed by atoms with Gasteiger partial charge in [-0.15, -0.1) is 0 Å². The Morgan fingerprint density at radius 2 is 1.71 bits per heavy atom. The number of ether oxygens (including phenoxy) is 2. The van der Waals surface area contributed by atoms with E-state index in [1.807, 2.05) is 6.92 Å². The van der Waals surface area contributed by atoms with Gasteiger partial charge in [0.2, 0.25) is 0 Å². The third-order valence-electron chi connectivity index (χ3n) is 21.5. The van der Waals surface area contributed by atoms with Gasteiger partial charge in [-0.25, -0.2) is 0 Å². The van der Waals surface area contributed by atoms with Gasteiger partial charge in [-0.3, -0.25) is 10.5 Å². The molecular weight excluding hydrogens is 737 g/mol. The van der Waals surface area contributed by atoms with E-state index >= 15 is 4.79 Å². The summed E-state index contributed by atoms with van der Waals surface area (Å²) in [6.45, 7) is 15.6. The molecule has 0 aromatic heterocycles. The number of hydrogen-bond donors (Lipinski definition) is 5. The molecule has 0 spiro atoms. The minimum absolute atomic E-state index is 0.00579. The zero-order valence-corrected chi connectivity index (χ0v) is 37.9. The summed E-state index contributed by atoms with van der Waals surface area (Å²) in [4.78, 5) is 15.1. The van der Waals surface area contributed by atoms with Crippen LogP contribution in [0.2, 0.25) is 0 Å². The fraction of sp³-hybridized carbons (Fsp3) is 0.941. The number of Topliss-reactive ketones (excluding diaryl/α,β-unsaturated/α-hetero) is 1. The lowest BCUT2D eigenvalue weighted by atomic mass is 9.32. The second-order valence-electron chi connectivity index (χ2n) is 24.8. The van der Waals surface area contributed by atoms with Gasteiger partial charge < -0.3 is 30.1 Å². The van der Waals surface area contributed by atoms with Gasteiger partial charge in [-0.1, -0.05) is 66.7 Å². The predicted octanol–water partition coefficient (Wildman–Crippen LogP) is 7.36. The highest BCUT2D eigenvalue weighted by Gasteiger charge is 2.81. The van der Waals surface area contributed by atoms with E-state index in [2.05, 4.69) is 39.9 Å². The molecule has 0 amide bonds. The van der Waals surface area contributed by atoms with Crippen molar-refractivity contribution in [2.24, 2.45) is 74.7 Å². The molecule has 10 rings (SSSR count). The van der Waals surface area contributed by atoms with Gasteiger partial charge in [0.1, 0.15) is 24.0 Å². The zero-order chi connectivity index (χ0) is 41.5. The summed E-state index contributed by atoms with van der Waals surface area (Å²) in [7, 11) is 0. The molecule has 59 heavy (non-hydrogen) atoms. The number of hydrogen-bond acceptors (Lipinski definition) is 7. The molecule has 0 aromatic carbocycles. The van der Waals surface area contributed by atoms with E-state index in [4.69, 9.17) is 15.2 Å². The minimum atomic E-state index is -1.08. The molecule has 8 nitrogen and oxygen atoms in total. The summed E-state index contributed by atoms with van der Waals surface area (Å²) >= 11 is 0. The molecule has 3 unspecified atom stereocenters. The highest BCUT2D eigenvalue weighted by molar-refractivity contribution is 6.00. The first-order valence-electron chi connectivity index (χ1n) is 25.2. The standard InChI is InChI=1S/C51H82N2O6/c1-30-18-23-58-50(28-30,44-43(59-44)48(6,56)45(2,3)19-14-32-17-22-53-39(52)24-32)38-26-34-12-13-36-40-42-47(5)33(25-35(54)27-37(47)41(36)55)16-21-49(42,29-46(38,4)51(34,40)57)20-15-31-10-8-7-9-11-31/h30-35,37-39,42-44,53-54,56-57H,7-29,52H2,1-6H3/p+1/t30-,32?,33+,34-,35+,37+,38-,39?,42?,43+,44-,46-,47-,48+,49+,50-,51-/m1/s1. The van der Waals surface area contributed by atoms with E-state index in [1.165, 1.54) is 56.9 Å². The maximum atomic E-state index is 15.1. The van der Waals surface area contributed by atoms with Crippen LogP contribution >= 0.6 is 0 Å². The number of nitrogens with two attached hydrogens (primary N) is 2. The molecule has 7 N–H and O–H groups in total. The van der Waals surface area contributed by atoms with Crippen molar-refractivity contribution in [3.8, 4) is 0 Å². The molecular formula is C51H83N2O6+. The monoisotopic (exact) mass is 820 g/mol. The third kappa shape index (κ3) is 6.00. The van der Waals surface area contributed by atoms with E-state index < -0.39 is 28.3 Å². The van der Waals surface area contributed by atoms with Gasteiger partial charge >= 0.3 is 0 Å². The van der Waals surface area contributed by atoms with E-state index in [0.717, 1.165) is 95.1 Å². The Bertz CT molecular complexity index is 1690. The molecule has 332 valence electrons. The predicted molar refractivity (Wildman–Crippen MR) is 229 cm³/mol. The van der Waals surface area contributed by atoms with Gasteiger partial charge in [0.05, 0.1) is 23.9 Å². The molecule has 0 aromatic rings. The first kappa shape index (κ1) is 42.1. The van der Waals surface area contributed by atoms with Crippen LogP contribution in [-0.2, 0) is 14.3 Å². The first-order chi connectivity index (χ1) is 27.9. The Balaban J connectivity index is 1.05. The molecule has 8 heteroatoms. The quantitative estimate of drug-likeness (QED) is 0.145. The first-order valence-corrected chi connectivity index (χ1v) is 25.2. The lowest BCUT2D eigenvalue weighted by Gasteiger charge is -2.73. The summed E-state index contributed by atoms with van der Waals surface area (Å²) in [5.41, 5.74) is 4.64. The summed E-state index contributed by atoms with van der Waals surface area (Å²) in [5.74, 6) is 2.54. The highest BCUT2D eigenvalue weighted by Crippen LogP contribution is 2.81. The fourth-order valence-corrected chi connectivity index (χ4v) is 18.0. The Kier molecular flexibility index (Phi) is 10.2. The number of ketones is 1. The molecule has 7 aliphatic carbocycles. The van der Waals surface area contributed by atoms with Gasteiger partial charge in [-0.2, -0.15) is 0 Å². The van der Waals surface area contributed by atoms with E-state index in [9.17, 15) is 15.3 Å². The number of piperidine rings is 1. The average Bonchev–Trinajstić information content (AvgIpc) is 3.98. The summed E-state index contributed by atoms with van der Waals surface area (Å²) in [6, 6.07) is 0. The van der Waals surface area contributed by atoms with Crippen molar-refractivity contribution in [3.63, 3.8) is 0 Å². The number of carbonyl (C=O) groups is 1. The molecule has 0 bridgehead atoms. The maximum absolute atomic E-state index is 15.1. The topological polar surface area (TPSA) is 142 Å². The van der Waals surface area contributed by atoms with Crippen LogP contribution in [0.25, 0.3) is 0 Å². The number of rotatable bonds is 10. The van der Waals surface area contributed by atoms with Crippen LogP contribution in [0.5, 0.6) is 0 Å². The molecule has 3 aliphatic heterocycles. The Hall–Kier alpha value is -0.870. The molecule has 3 heterocycles. The van der Waals surface area contributed by atoms with Crippen molar-refractivity contribution in [1.82, 2.24) is 0 Å². The molecule has 10 aliphatic rings. The summed E-state index contributed by atoms with van der Waals surface area (Å²) < 4.78 is 14.4. The normalized spacial score (nSPS) is 51.9. The lowest BCUT2D eigenvalue weighted by molar-refractivity contribution is -0.699. The van der Waals surface area contributed by atoms with Crippen LogP contribution in [-0.4, -0.2) is 75.5 Å². The average molecular weight is 820 g/mol. The number of allylic oxidation sites excluding steroid dienone is 1. The van der Waals surface area contributed by atoms with Gasteiger partial charge in [0, 0.05) is 24.4 Å². The Morgan fingerprint density at radius 1 is 0.932 bits per heavy atom. The van der Waals surface area contributed by atoms with E-state index in [1.54, 1.807) is 0 Å². The smallest absolute Gasteiger partial charge is 0.162 e. The molecule has 8 fully saturated rings. The van der Waals surface area contributed by atoms with E-state index in [-0.39, 0.29) is 64.1 Å². The van der Waals surface area contributed by atoms with Crippen molar-refractivity contribution in [2.45, 2.75) is 218 Å². The van der Waals surface area contributed by atoms with Crippen LogP contribution in [0.3, 0.4) is 0 Å². The summed E-state index contributed by atoms with van der Waals surface area (Å²) in [5, 5.41) is 40.6. The largest absolute Gasteiger partial charge is 0.393 e. The third-order valence-corrected chi connectivity index (χ3v) is 21.5. The fourth-order valence-electron chi connectivity index (χ4n) is 18.0. The second-order valence-corrected chi connectivity index (χ2v) is 24.8. The number of aliphatic hydroxyl groups is 3. The second kappa shape index (κ2) is 14.3. The maximum Gasteiger partial charge on any atom is 0.162 e. The van der Waals surface area contributed by atoms with Crippen molar-refractivity contribution >= 4 is 5.78 Å². The zero-order valence-electron chi connectivity index (χ0n) is 37.9. The number of epoxide rings is 1. The van der Waals surface area contributed by atoms with Gasteiger partial charge in [-0.05, 0) is 172 Å². The van der Waals surface area contributed by atoms with Crippen LogP contribution in [0.4, 0.5) is 0 Å². The van der Waals surface area contributed by atoms with Crippen molar-refractivity contribution in [2.75, 3.05) is 13.2 Å². The van der Waals surface area contributed by atoms with Gasteiger partial charge in [0.25, 0.3) is 0 Å². The van der Waals surface area contributed by atoms with Crippen molar-refractivity contribution in [1.29, 1.82) is 0 Å². The number of aliphatic hydroxyl groups excluding tert-OH is 1. The SMILES string of the molecule is C[C@@H]1CCO[C@@]([C@@H]2O[C@@H]2[C@](C)(O)C(C)(C)CCC2CC[NH2+]C(N)C2)([C@@H]2C[C@H]3CCC4=C5C6[C@@](CCC7CCCCC7)(CC[C@H]7C[C@H](O)C[C@@H](C4=O)[C@]67C)C[C@@]2(C)[C@]53O)C1. The van der Waals surface area contributed by atoms with E-state index in [0.29, 0.717) is 30.8 Å². The summed E-state index contributed by atoms with van der Waals surface area (Å²) in [6.07, 6.45) is 21.5. The van der Waals surface area contributed by atoms with Crippen molar-refractivity contribution in [3.05, 3.63) is 11.1 Å². The Morgan fingerprint density at radius 3 is 2.46 bits per heavy atom. The Labute approximate surface area is 356 Å². The molecule has 3 saturated heterocycles. The molecule has 5 saturated carbocycles. The lowest BCUT2D eigenvalue weighted by Crippen LogP contribution is -2.94. The van der Waals surface area contributed by atoms with Crippen molar-refractivity contribution < 1.29 is 34.9 Å². The molecule has 0 radical (unpaired) electrons. The van der Waals surface area contributed by atoms with Crippen LogP contribution in [0.1, 0.15) is 176 Å². The van der Waals surface area contributed by atoms with Crippen LogP contribution < -0.4 is 11.1 Å². The number of carbonyl (C=O) groups excluding carboxylic acids is 1. The van der Waals surface area contributed by atoms with Crippen LogP contribution in [0.15, 0.2) is 11.1 Å². The minimum Gasteiger partial charge on any atom is -0.393 e. The molecule has 17 atom stereocenters. The number of quaternary nitrogens is 1. The highest BCUT2D eigenvalue weighted by atomic mass is 16.6. The van der Waals surface area contributed by atoms with Gasteiger partial charge in [0.15, 0.2) is 5.78 Å². The van der Waals surface area contributed by atoms with Crippen LogP contribution in [0, 0.1) is 69.0 Å².